The van der Waals surface area contributed by atoms with Crippen LogP contribution >= 0.6 is 0 Å². The highest BCUT2D eigenvalue weighted by atomic mass is 32.2. The molecule has 1 heterocycles. The first-order valence-electron chi connectivity index (χ1n) is 6.19. The number of carbonyl (C=O) groups excluding carboxylic acids is 1. The number of benzene rings is 1. The largest absolute Gasteiger partial charge is 0.335 e. The maximum atomic E-state index is 12.0. The normalized spacial score (nSPS) is 18.3. The van der Waals surface area contributed by atoms with Gasteiger partial charge in [0.15, 0.2) is 0 Å². The van der Waals surface area contributed by atoms with E-state index in [2.05, 4.69) is 5.32 Å². The number of hydrogen-bond acceptors (Lipinski definition) is 3. The number of urea groups is 1. The molecule has 0 aromatic heterocycles. The molecule has 3 rings (SSSR count). The highest BCUT2D eigenvalue weighted by Gasteiger charge is 2.30. The fraction of sp³-hybridized carbons (Fsp3) is 0.417. The number of fused-ring (bicyclic) bond motifs is 1. The summed E-state index contributed by atoms with van der Waals surface area (Å²) in [5, 5.41) is 8.02. The number of primary sulfonamides is 1. The first kappa shape index (κ1) is 12.4. The van der Waals surface area contributed by atoms with Gasteiger partial charge in [0.2, 0.25) is 10.0 Å². The molecule has 0 unspecified atom stereocenters. The zero-order chi connectivity index (χ0) is 13.6. The molecule has 102 valence electrons. The average molecular weight is 281 g/mol. The molecule has 0 spiro atoms. The topological polar surface area (TPSA) is 92.5 Å². The molecule has 3 N–H and O–H groups in total. The minimum Gasteiger partial charge on any atom is -0.335 e. The van der Waals surface area contributed by atoms with Gasteiger partial charge in [-0.25, -0.2) is 18.4 Å². The fourth-order valence-corrected chi connectivity index (χ4v) is 2.81. The number of nitrogens with two attached hydrogens (primary N) is 1. The third kappa shape index (κ3) is 2.43. The number of nitrogens with one attached hydrogen (secondary N) is 1. The summed E-state index contributed by atoms with van der Waals surface area (Å²) in [7, 11) is -3.69. The summed E-state index contributed by atoms with van der Waals surface area (Å²) in [6.07, 6.45) is 2.73. The van der Waals surface area contributed by atoms with Crippen molar-refractivity contribution in [1.82, 2.24) is 5.32 Å². The Hall–Kier alpha value is -1.60. The van der Waals surface area contributed by atoms with Gasteiger partial charge in [-0.3, -0.25) is 4.90 Å². The summed E-state index contributed by atoms with van der Waals surface area (Å²) >= 11 is 0. The molecule has 19 heavy (non-hydrogen) atoms. The van der Waals surface area contributed by atoms with Gasteiger partial charge in [0.25, 0.3) is 0 Å². The highest BCUT2D eigenvalue weighted by Crippen LogP contribution is 2.30. The Labute approximate surface area is 111 Å². The summed E-state index contributed by atoms with van der Waals surface area (Å²) in [5.41, 5.74) is 1.61. The molecule has 1 saturated carbocycles. The van der Waals surface area contributed by atoms with Gasteiger partial charge in [-0.1, -0.05) is 0 Å². The van der Waals surface area contributed by atoms with Crippen LogP contribution in [0.5, 0.6) is 0 Å². The Bertz CT molecular complexity index is 638. The second kappa shape index (κ2) is 4.21. The van der Waals surface area contributed by atoms with Gasteiger partial charge in [-0.05, 0) is 43.0 Å². The van der Waals surface area contributed by atoms with Crippen LogP contribution < -0.4 is 15.4 Å². The minimum absolute atomic E-state index is 0.0932. The van der Waals surface area contributed by atoms with Crippen molar-refractivity contribution in [3.63, 3.8) is 0 Å². The Morgan fingerprint density at radius 2 is 2.11 bits per heavy atom. The van der Waals surface area contributed by atoms with E-state index in [1.54, 1.807) is 17.0 Å². The Morgan fingerprint density at radius 3 is 2.74 bits per heavy atom. The van der Waals surface area contributed by atoms with Crippen molar-refractivity contribution in [1.29, 1.82) is 0 Å². The molecule has 2 amide bonds. The van der Waals surface area contributed by atoms with Gasteiger partial charge in [0.05, 0.1) is 4.90 Å². The van der Waals surface area contributed by atoms with Crippen LogP contribution in [0.15, 0.2) is 23.1 Å². The summed E-state index contributed by atoms with van der Waals surface area (Å²) in [6, 6.07) is 4.84. The van der Waals surface area contributed by atoms with Crippen molar-refractivity contribution in [2.24, 2.45) is 5.14 Å². The Balaban J connectivity index is 1.86. The lowest BCUT2D eigenvalue weighted by atomic mass is 10.2. The van der Waals surface area contributed by atoms with Crippen LogP contribution in [0.2, 0.25) is 0 Å². The number of hydrogen-bond donors (Lipinski definition) is 2. The van der Waals surface area contributed by atoms with Crippen molar-refractivity contribution < 1.29 is 13.2 Å². The molecule has 1 fully saturated rings. The summed E-state index contributed by atoms with van der Waals surface area (Å²) in [6.45, 7) is 0.571. The molecule has 1 aliphatic heterocycles. The predicted molar refractivity (Wildman–Crippen MR) is 70.4 cm³/mol. The smallest absolute Gasteiger partial charge is 0.322 e. The zero-order valence-corrected chi connectivity index (χ0v) is 11.1. The zero-order valence-electron chi connectivity index (χ0n) is 10.3. The molecule has 1 aliphatic carbocycles. The van der Waals surface area contributed by atoms with Crippen LogP contribution in [0, 0.1) is 0 Å². The average Bonchev–Trinajstić information content (AvgIpc) is 3.04. The minimum atomic E-state index is -3.69. The lowest BCUT2D eigenvalue weighted by Gasteiger charge is -2.18. The van der Waals surface area contributed by atoms with E-state index in [-0.39, 0.29) is 10.9 Å². The predicted octanol–water partition coefficient (Wildman–Crippen LogP) is 0.569. The van der Waals surface area contributed by atoms with Crippen LogP contribution in [0.4, 0.5) is 10.5 Å². The van der Waals surface area contributed by atoms with Crippen LogP contribution in [-0.4, -0.2) is 27.0 Å². The SMILES string of the molecule is NS(=O)(=O)c1ccc2c(c1)CCN2C(=O)NC1CC1. The van der Waals surface area contributed by atoms with Crippen molar-refractivity contribution in [3.05, 3.63) is 23.8 Å². The Morgan fingerprint density at radius 1 is 1.37 bits per heavy atom. The van der Waals surface area contributed by atoms with Gasteiger partial charge in [0.1, 0.15) is 0 Å². The van der Waals surface area contributed by atoms with E-state index < -0.39 is 10.0 Å². The van der Waals surface area contributed by atoms with Crippen molar-refractivity contribution in [2.75, 3.05) is 11.4 Å². The van der Waals surface area contributed by atoms with Gasteiger partial charge in [-0.15, -0.1) is 0 Å². The van der Waals surface area contributed by atoms with Gasteiger partial charge >= 0.3 is 6.03 Å². The molecular formula is C12H15N3O3S. The molecule has 1 aromatic carbocycles. The number of nitrogens with zero attached hydrogens (tertiary/aromatic N) is 1. The number of carbonyl (C=O) groups is 1. The maximum Gasteiger partial charge on any atom is 0.322 e. The van der Waals surface area contributed by atoms with Crippen LogP contribution in [0.1, 0.15) is 18.4 Å². The van der Waals surface area contributed by atoms with Crippen LogP contribution in [-0.2, 0) is 16.4 Å². The van der Waals surface area contributed by atoms with Crippen molar-refractivity contribution in [3.8, 4) is 0 Å². The molecule has 0 bridgehead atoms. The third-order valence-electron chi connectivity index (χ3n) is 3.43. The molecule has 6 nitrogen and oxygen atoms in total. The highest BCUT2D eigenvalue weighted by molar-refractivity contribution is 7.89. The second-order valence-electron chi connectivity index (χ2n) is 4.96. The van der Waals surface area contributed by atoms with Crippen LogP contribution in [0.3, 0.4) is 0 Å². The summed E-state index contributed by atoms with van der Waals surface area (Å²) < 4.78 is 22.6. The third-order valence-corrected chi connectivity index (χ3v) is 4.34. The second-order valence-corrected chi connectivity index (χ2v) is 6.52. The molecule has 1 aromatic rings. The first-order chi connectivity index (χ1) is 8.95. The molecule has 2 aliphatic rings. The summed E-state index contributed by atoms with van der Waals surface area (Å²) in [4.78, 5) is 13.8. The van der Waals surface area contributed by atoms with E-state index in [0.717, 1.165) is 24.1 Å². The lowest BCUT2D eigenvalue weighted by molar-refractivity contribution is 0.246. The quantitative estimate of drug-likeness (QED) is 0.830. The molecular weight excluding hydrogens is 266 g/mol. The molecule has 0 radical (unpaired) electrons. The van der Waals surface area contributed by atoms with Gasteiger partial charge in [0, 0.05) is 18.3 Å². The van der Waals surface area contributed by atoms with Crippen LogP contribution in [0.25, 0.3) is 0 Å². The number of amides is 2. The standard InChI is InChI=1S/C12H15N3O3S/c13-19(17,18)10-3-4-11-8(7-10)5-6-15(11)12(16)14-9-1-2-9/h3-4,7,9H,1-2,5-6H2,(H,14,16)(H2,13,17,18). The Kier molecular flexibility index (Phi) is 2.75. The molecule has 7 heteroatoms. The number of rotatable bonds is 2. The van der Waals surface area contributed by atoms with Crippen molar-refractivity contribution in [2.45, 2.75) is 30.2 Å². The summed E-state index contributed by atoms with van der Waals surface area (Å²) in [5.74, 6) is 0. The van der Waals surface area contributed by atoms with Gasteiger partial charge < -0.3 is 5.32 Å². The van der Waals surface area contributed by atoms with E-state index in [1.807, 2.05) is 0 Å². The monoisotopic (exact) mass is 281 g/mol. The van der Waals surface area contributed by atoms with Gasteiger partial charge in [-0.2, -0.15) is 0 Å². The van der Waals surface area contributed by atoms with E-state index in [4.69, 9.17) is 5.14 Å². The van der Waals surface area contributed by atoms with E-state index >= 15 is 0 Å². The maximum absolute atomic E-state index is 12.0. The number of anilines is 1. The van der Waals surface area contributed by atoms with E-state index in [1.165, 1.54) is 6.07 Å². The van der Waals surface area contributed by atoms with E-state index in [0.29, 0.717) is 19.0 Å². The molecule has 0 atom stereocenters. The molecule has 0 saturated heterocycles. The fourth-order valence-electron chi connectivity index (χ4n) is 2.25. The number of sulfonamides is 1. The van der Waals surface area contributed by atoms with E-state index in [9.17, 15) is 13.2 Å². The first-order valence-corrected chi connectivity index (χ1v) is 7.73. The van der Waals surface area contributed by atoms with Crippen molar-refractivity contribution >= 4 is 21.7 Å². The lowest BCUT2D eigenvalue weighted by Crippen LogP contribution is -2.40.